The zero-order chi connectivity index (χ0) is 20.9. The number of hydrogen-bond acceptors (Lipinski definition) is 3. The Kier molecular flexibility index (Phi) is 5.62. The molecule has 4 rings (SSSR count). The first-order valence-electron chi connectivity index (χ1n) is 9.87. The summed E-state index contributed by atoms with van der Waals surface area (Å²) < 4.78 is 0. The minimum atomic E-state index is -0.406. The highest BCUT2D eigenvalue weighted by Gasteiger charge is 2.26. The first-order valence-corrected chi connectivity index (χ1v) is 9.87. The number of carbonyl (C=O) groups excluding carboxylic acids is 1. The van der Waals surface area contributed by atoms with E-state index in [0.29, 0.717) is 5.56 Å². The number of aromatic hydroxyl groups is 2. The maximum atomic E-state index is 13.0. The molecule has 0 aromatic heterocycles. The molecule has 0 unspecified atom stereocenters. The Morgan fingerprint density at radius 3 is 1.70 bits per heavy atom. The van der Waals surface area contributed by atoms with Gasteiger partial charge < -0.3 is 10.2 Å². The molecular formula is C27H22O3. The molecule has 0 aliphatic carbocycles. The van der Waals surface area contributed by atoms with Gasteiger partial charge in [-0.2, -0.15) is 0 Å². The summed E-state index contributed by atoms with van der Waals surface area (Å²) in [5.41, 5.74) is 3.26. The van der Waals surface area contributed by atoms with Crippen LogP contribution in [0, 0.1) is 0 Å². The lowest BCUT2D eigenvalue weighted by molar-refractivity contribution is 0.0990. The van der Waals surface area contributed by atoms with E-state index in [1.165, 1.54) is 12.1 Å². The molecule has 0 radical (unpaired) electrons. The summed E-state index contributed by atoms with van der Waals surface area (Å²) in [6.07, 6.45) is 0.181. The Bertz CT molecular complexity index is 1100. The molecule has 4 aromatic rings. The molecule has 3 nitrogen and oxygen atoms in total. The third-order valence-electron chi connectivity index (χ3n) is 5.26. The second kappa shape index (κ2) is 8.66. The summed E-state index contributed by atoms with van der Waals surface area (Å²) in [5, 5.41) is 21.8. The molecule has 4 aromatic carbocycles. The predicted molar refractivity (Wildman–Crippen MR) is 118 cm³/mol. The first-order chi connectivity index (χ1) is 14.6. The summed E-state index contributed by atoms with van der Waals surface area (Å²) in [4.78, 5) is 13.0. The summed E-state index contributed by atoms with van der Waals surface area (Å²) in [7, 11) is 0. The number of rotatable bonds is 6. The van der Waals surface area contributed by atoms with E-state index < -0.39 is 5.92 Å². The third-order valence-corrected chi connectivity index (χ3v) is 5.26. The van der Waals surface area contributed by atoms with Crippen LogP contribution in [0.5, 0.6) is 11.5 Å². The molecule has 0 aliphatic rings. The maximum Gasteiger partial charge on any atom is 0.170 e. The molecule has 0 saturated heterocycles. The summed E-state index contributed by atoms with van der Waals surface area (Å²) in [6.45, 7) is 0. The highest BCUT2D eigenvalue weighted by atomic mass is 16.3. The summed E-state index contributed by atoms with van der Waals surface area (Å²) >= 11 is 0. The molecule has 0 heterocycles. The smallest absolute Gasteiger partial charge is 0.170 e. The topological polar surface area (TPSA) is 57.5 Å². The predicted octanol–water partition coefficient (Wildman–Crippen LogP) is 5.70. The molecule has 0 bridgehead atoms. The van der Waals surface area contributed by atoms with Crippen LogP contribution in [0.1, 0.15) is 38.5 Å². The fraction of sp³-hybridized carbons (Fsp3) is 0.0741. The van der Waals surface area contributed by atoms with Crippen LogP contribution in [0.4, 0.5) is 0 Å². The fourth-order valence-corrected chi connectivity index (χ4v) is 3.80. The number of ketones is 1. The molecular weight excluding hydrogens is 372 g/mol. The summed E-state index contributed by atoms with van der Waals surface area (Å²) in [5.74, 6) is -0.813. The van der Waals surface area contributed by atoms with E-state index in [1.807, 2.05) is 91.0 Å². The van der Waals surface area contributed by atoms with E-state index in [9.17, 15) is 15.0 Å². The SMILES string of the molecule is O=C(Cc1ccccc1)c1ccc(O)c(C(c2ccccc2)c2ccccc2)c1O. The van der Waals surface area contributed by atoms with E-state index in [2.05, 4.69) is 0 Å². The Labute approximate surface area is 175 Å². The Hall–Kier alpha value is -3.85. The average Bonchev–Trinajstić information content (AvgIpc) is 2.78. The summed E-state index contributed by atoms with van der Waals surface area (Å²) in [6, 6.07) is 31.7. The lowest BCUT2D eigenvalue weighted by atomic mass is 9.83. The van der Waals surface area contributed by atoms with Crippen molar-refractivity contribution < 1.29 is 15.0 Å². The van der Waals surface area contributed by atoms with E-state index in [-0.39, 0.29) is 29.3 Å². The Morgan fingerprint density at radius 1 is 0.667 bits per heavy atom. The Balaban J connectivity index is 1.82. The zero-order valence-electron chi connectivity index (χ0n) is 16.4. The van der Waals surface area contributed by atoms with Crippen molar-refractivity contribution in [2.24, 2.45) is 0 Å². The normalized spacial score (nSPS) is 10.8. The number of Topliss-reactive ketones (excluding diaryl/α,β-unsaturated/α-hetero) is 1. The van der Waals surface area contributed by atoms with Gasteiger partial charge in [-0.3, -0.25) is 4.79 Å². The lowest BCUT2D eigenvalue weighted by Gasteiger charge is -2.22. The van der Waals surface area contributed by atoms with Crippen molar-refractivity contribution in [3.63, 3.8) is 0 Å². The van der Waals surface area contributed by atoms with Gasteiger partial charge in [-0.05, 0) is 28.8 Å². The van der Waals surface area contributed by atoms with Gasteiger partial charge in [-0.15, -0.1) is 0 Å². The second-order valence-electron chi connectivity index (χ2n) is 7.23. The minimum absolute atomic E-state index is 0.0403. The van der Waals surface area contributed by atoms with Crippen molar-refractivity contribution in [1.82, 2.24) is 0 Å². The highest BCUT2D eigenvalue weighted by Crippen LogP contribution is 2.43. The van der Waals surface area contributed by atoms with E-state index >= 15 is 0 Å². The van der Waals surface area contributed by atoms with Crippen LogP contribution in [-0.2, 0) is 6.42 Å². The molecule has 2 N–H and O–H groups in total. The van der Waals surface area contributed by atoms with E-state index in [1.54, 1.807) is 0 Å². The number of phenols is 2. The van der Waals surface area contributed by atoms with Crippen LogP contribution in [0.15, 0.2) is 103 Å². The van der Waals surface area contributed by atoms with Crippen LogP contribution in [0.3, 0.4) is 0 Å². The van der Waals surface area contributed by atoms with Gasteiger partial charge in [0.2, 0.25) is 0 Å². The standard InChI is InChI=1S/C27H22O3/c28-23-17-16-22(24(29)18-19-10-4-1-5-11-19)27(30)26(23)25(20-12-6-2-7-13-20)21-14-8-3-9-15-21/h1-17,25,28,30H,18H2. The number of carbonyl (C=O) groups is 1. The highest BCUT2D eigenvalue weighted by molar-refractivity contribution is 6.00. The van der Waals surface area contributed by atoms with Gasteiger partial charge in [-0.25, -0.2) is 0 Å². The number of hydrogen-bond donors (Lipinski definition) is 2. The molecule has 0 amide bonds. The largest absolute Gasteiger partial charge is 0.507 e. The van der Waals surface area contributed by atoms with Gasteiger partial charge in [0.1, 0.15) is 11.5 Å². The fourth-order valence-electron chi connectivity index (χ4n) is 3.80. The van der Waals surface area contributed by atoms with Crippen molar-refractivity contribution in [2.75, 3.05) is 0 Å². The molecule has 0 saturated carbocycles. The van der Waals surface area contributed by atoms with Gasteiger partial charge in [0.25, 0.3) is 0 Å². The maximum absolute atomic E-state index is 13.0. The number of benzene rings is 4. The van der Waals surface area contributed by atoms with Gasteiger partial charge in [-0.1, -0.05) is 91.0 Å². The molecule has 0 spiro atoms. The van der Waals surface area contributed by atoms with Crippen molar-refractivity contribution in [2.45, 2.75) is 12.3 Å². The van der Waals surface area contributed by atoms with Crippen LogP contribution in [0.2, 0.25) is 0 Å². The van der Waals surface area contributed by atoms with Gasteiger partial charge in [0, 0.05) is 17.9 Å². The van der Waals surface area contributed by atoms with Crippen LogP contribution in [0.25, 0.3) is 0 Å². The van der Waals surface area contributed by atoms with Crippen molar-refractivity contribution >= 4 is 5.78 Å². The molecule has 30 heavy (non-hydrogen) atoms. The van der Waals surface area contributed by atoms with E-state index in [0.717, 1.165) is 16.7 Å². The van der Waals surface area contributed by atoms with E-state index in [4.69, 9.17) is 0 Å². The zero-order valence-corrected chi connectivity index (χ0v) is 16.4. The monoisotopic (exact) mass is 394 g/mol. The van der Waals surface area contributed by atoms with Gasteiger partial charge in [0.15, 0.2) is 5.78 Å². The van der Waals surface area contributed by atoms with Crippen molar-refractivity contribution in [1.29, 1.82) is 0 Å². The van der Waals surface area contributed by atoms with Crippen LogP contribution >= 0.6 is 0 Å². The lowest BCUT2D eigenvalue weighted by Crippen LogP contribution is -2.09. The average molecular weight is 394 g/mol. The van der Waals surface area contributed by atoms with Crippen LogP contribution < -0.4 is 0 Å². The molecule has 0 fully saturated rings. The molecule has 0 atom stereocenters. The Morgan fingerprint density at radius 2 is 1.17 bits per heavy atom. The quantitative estimate of drug-likeness (QED) is 0.326. The third kappa shape index (κ3) is 3.96. The molecule has 3 heteroatoms. The van der Waals surface area contributed by atoms with Crippen molar-refractivity contribution in [3.05, 3.63) is 131 Å². The second-order valence-corrected chi connectivity index (χ2v) is 7.23. The van der Waals surface area contributed by atoms with Gasteiger partial charge in [0.05, 0.1) is 5.56 Å². The first kappa shape index (κ1) is 19.5. The van der Waals surface area contributed by atoms with Crippen LogP contribution in [-0.4, -0.2) is 16.0 Å². The molecule has 148 valence electrons. The number of phenolic OH excluding ortho intramolecular Hbond substituents is 2. The van der Waals surface area contributed by atoms with Crippen molar-refractivity contribution in [3.8, 4) is 11.5 Å². The minimum Gasteiger partial charge on any atom is -0.507 e. The van der Waals surface area contributed by atoms with Gasteiger partial charge >= 0.3 is 0 Å². The molecule has 0 aliphatic heterocycles.